The molecule has 0 aromatic heterocycles. The van der Waals surface area contributed by atoms with E-state index in [1.165, 1.54) is 31.4 Å². The van der Waals surface area contributed by atoms with E-state index in [2.05, 4.69) is 4.72 Å². The van der Waals surface area contributed by atoms with Crippen LogP contribution in [0, 0.1) is 11.8 Å². The van der Waals surface area contributed by atoms with E-state index in [1.54, 1.807) is 0 Å². The Hall–Kier alpha value is -1.80. The van der Waals surface area contributed by atoms with Crippen molar-refractivity contribution < 1.29 is 13.2 Å². The molecule has 1 aliphatic carbocycles. The highest BCUT2D eigenvalue weighted by molar-refractivity contribution is 7.89. The molecule has 3 N–H and O–H groups in total. The second-order valence-corrected chi connectivity index (χ2v) is 11.9. The molecule has 3 atom stereocenters. The van der Waals surface area contributed by atoms with Crippen LogP contribution in [0.5, 0.6) is 0 Å². The Kier molecular flexibility index (Phi) is 8.08. The third-order valence-electron chi connectivity index (χ3n) is 7.13. The van der Waals surface area contributed by atoms with Crippen LogP contribution in [0.4, 0.5) is 5.69 Å². The Morgan fingerprint density at radius 1 is 1.06 bits per heavy atom. The highest BCUT2D eigenvalue weighted by atomic mass is 35.5. The van der Waals surface area contributed by atoms with Crippen LogP contribution in [0.3, 0.4) is 0 Å². The van der Waals surface area contributed by atoms with E-state index >= 15 is 0 Å². The Morgan fingerprint density at radius 2 is 1.71 bits per heavy atom. The summed E-state index contributed by atoms with van der Waals surface area (Å²) in [4.78, 5) is 15.4. The molecule has 2 aliphatic rings. The van der Waals surface area contributed by atoms with Crippen LogP contribution in [0.15, 0.2) is 47.4 Å². The van der Waals surface area contributed by atoms with Gasteiger partial charge in [-0.25, -0.2) is 8.42 Å². The van der Waals surface area contributed by atoms with Gasteiger partial charge < -0.3 is 10.6 Å². The van der Waals surface area contributed by atoms with Gasteiger partial charge in [-0.05, 0) is 55.2 Å². The van der Waals surface area contributed by atoms with Gasteiger partial charge in [0.15, 0.2) is 0 Å². The molecule has 1 saturated heterocycles. The fourth-order valence-electron chi connectivity index (χ4n) is 5.18. The number of nitrogens with zero attached hydrogens (tertiary/aromatic N) is 1. The molecule has 2 fully saturated rings. The van der Waals surface area contributed by atoms with Gasteiger partial charge in [0.2, 0.25) is 15.9 Å². The van der Waals surface area contributed by atoms with Gasteiger partial charge in [-0.15, -0.1) is 0 Å². The van der Waals surface area contributed by atoms with Crippen molar-refractivity contribution in [3.63, 3.8) is 0 Å². The Bertz CT molecular complexity index is 1100. The van der Waals surface area contributed by atoms with Crippen LogP contribution < -0.4 is 10.5 Å². The quantitative estimate of drug-likeness (QED) is 0.505. The van der Waals surface area contributed by atoms with Crippen molar-refractivity contribution in [3.8, 4) is 0 Å². The minimum atomic E-state index is -4.05. The number of anilines is 1. The smallest absolute Gasteiger partial charge is 0.241 e. The zero-order valence-corrected chi connectivity index (χ0v) is 21.4. The lowest BCUT2D eigenvalue weighted by molar-refractivity contribution is -0.136. The van der Waals surface area contributed by atoms with Crippen LogP contribution >= 0.6 is 23.2 Å². The van der Waals surface area contributed by atoms with E-state index < -0.39 is 16.1 Å². The predicted molar refractivity (Wildman–Crippen MR) is 136 cm³/mol. The number of fused-ring (bicyclic) bond motifs is 1. The number of likely N-dealkylation sites (tertiary alicyclic amines) is 1. The van der Waals surface area contributed by atoms with Crippen molar-refractivity contribution in [2.45, 2.75) is 55.9 Å². The molecule has 0 bridgehead atoms. The first-order valence-corrected chi connectivity index (χ1v) is 14.1. The molecule has 184 valence electrons. The van der Waals surface area contributed by atoms with Gasteiger partial charge in [-0.2, -0.15) is 4.72 Å². The molecule has 1 saturated carbocycles. The highest BCUT2D eigenvalue weighted by Crippen LogP contribution is 2.36. The fourth-order valence-corrected chi connectivity index (χ4v) is 7.07. The monoisotopic (exact) mass is 523 g/mol. The van der Waals surface area contributed by atoms with Gasteiger partial charge in [0.25, 0.3) is 0 Å². The molecule has 2 aromatic carbocycles. The van der Waals surface area contributed by atoms with E-state index in [0.717, 1.165) is 18.4 Å². The van der Waals surface area contributed by atoms with Crippen LogP contribution in [-0.2, 0) is 21.2 Å². The van der Waals surface area contributed by atoms with Crippen molar-refractivity contribution in [3.05, 3.63) is 58.1 Å². The lowest BCUT2D eigenvalue weighted by Crippen LogP contribution is -2.53. The lowest BCUT2D eigenvalue weighted by atomic mass is 9.75. The van der Waals surface area contributed by atoms with Crippen molar-refractivity contribution in [2.24, 2.45) is 11.8 Å². The maximum Gasteiger partial charge on any atom is 0.241 e. The van der Waals surface area contributed by atoms with Crippen molar-refractivity contribution in [1.82, 2.24) is 9.62 Å². The number of carbonyl (C=O) groups is 1. The number of hydrogen-bond acceptors (Lipinski definition) is 4. The van der Waals surface area contributed by atoms with E-state index in [4.69, 9.17) is 28.9 Å². The molecule has 0 radical (unpaired) electrons. The molecular weight excluding hydrogens is 493 g/mol. The predicted octanol–water partition coefficient (Wildman–Crippen LogP) is 4.89. The number of aryl methyl sites for hydroxylation is 1. The first kappa shape index (κ1) is 25.3. The zero-order chi connectivity index (χ0) is 24.3. The molecule has 0 unspecified atom stereocenters. The number of piperidine rings is 1. The molecule has 9 heteroatoms. The van der Waals surface area contributed by atoms with E-state index in [0.29, 0.717) is 37.8 Å². The molecular formula is C25H31Cl2N3O3S. The lowest BCUT2D eigenvalue weighted by Gasteiger charge is -2.42. The number of hydrogen-bond donors (Lipinski definition) is 2. The molecule has 6 nitrogen and oxygen atoms in total. The second-order valence-electron chi connectivity index (χ2n) is 9.38. The number of nitrogens with two attached hydrogens (primary N) is 1. The summed E-state index contributed by atoms with van der Waals surface area (Å²) in [5.41, 5.74) is 6.93. The fraction of sp³-hybridized carbons (Fsp3) is 0.480. The Balaban J connectivity index is 1.55. The minimum absolute atomic E-state index is 0.0550. The standard InChI is InChI=1S/C25H31Cl2N3O3S/c26-21-14-20(15-22(27)24(21)28)34(32,33)29-23(11-10-17-6-2-1-3-7-17)25(31)30-13-12-18-8-4-5-9-19(18)16-30/h1-3,6-7,14-15,18-19,23,29H,4-5,8-13,16,28H2/t18-,19+,23+/m0/s1. The molecule has 2 aromatic rings. The number of halogens is 2. The maximum atomic E-state index is 13.6. The number of carbonyl (C=O) groups excluding carboxylic acids is 1. The van der Waals surface area contributed by atoms with Crippen molar-refractivity contribution in [2.75, 3.05) is 18.8 Å². The first-order valence-electron chi connectivity index (χ1n) is 11.8. The summed E-state index contributed by atoms with van der Waals surface area (Å²) < 4.78 is 29.1. The normalized spacial score (nSPS) is 21.6. The van der Waals surface area contributed by atoms with Gasteiger partial charge in [-0.3, -0.25) is 4.79 Å². The highest BCUT2D eigenvalue weighted by Gasteiger charge is 2.36. The van der Waals surface area contributed by atoms with Crippen LogP contribution in [0.1, 0.15) is 44.1 Å². The first-order chi connectivity index (χ1) is 16.2. The van der Waals surface area contributed by atoms with Crippen LogP contribution in [0.25, 0.3) is 0 Å². The number of nitrogens with one attached hydrogen (secondary N) is 1. The van der Waals surface area contributed by atoms with Crippen LogP contribution in [-0.4, -0.2) is 38.4 Å². The summed E-state index contributed by atoms with van der Waals surface area (Å²) >= 11 is 12.2. The van der Waals surface area contributed by atoms with Crippen LogP contribution in [0.2, 0.25) is 10.0 Å². The molecule has 1 amide bonds. The summed E-state index contributed by atoms with van der Waals surface area (Å²) in [5.74, 6) is 1.01. The maximum absolute atomic E-state index is 13.6. The number of amides is 1. The van der Waals surface area contributed by atoms with Crippen molar-refractivity contribution >= 4 is 44.8 Å². The van der Waals surface area contributed by atoms with Gasteiger partial charge in [0, 0.05) is 13.1 Å². The van der Waals surface area contributed by atoms with Gasteiger partial charge in [0.1, 0.15) is 6.04 Å². The molecule has 34 heavy (non-hydrogen) atoms. The zero-order valence-electron chi connectivity index (χ0n) is 19.1. The van der Waals surface area contributed by atoms with Crippen molar-refractivity contribution in [1.29, 1.82) is 0 Å². The average molecular weight is 525 g/mol. The molecule has 1 aliphatic heterocycles. The Morgan fingerprint density at radius 3 is 2.38 bits per heavy atom. The number of sulfonamides is 1. The topological polar surface area (TPSA) is 92.5 Å². The number of benzene rings is 2. The summed E-state index contributed by atoms with van der Waals surface area (Å²) in [6.45, 7) is 1.37. The van der Waals surface area contributed by atoms with Gasteiger partial charge in [-0.1, -0.05) is 72.8 Å². The minimum Gasteiger partial charge on any atom is -0.396 e. The summed E-state index contributed by atoms with van der Waals surface area (Å²) in [6.07, 6.45) is 6.74. The Labute approximate surface area is 211 Å². The largest absolute Gasteiger partial charge is 0.396 e. The number of rotatable bonds is 7. The summed E-state index contributed by atoms with van der Waals surface area (Å²) in [7, 11) is -4.05. The third kappa shape index (κ3) is 5.88. The van der Waals surface area contributed by atoms with E-state index in [9.17, 15) is 13.2 Å². The third-order valence-corrected chi connectivity index (χ3v) is 9.20. The number of nitrogen functional groups attached to an aromatic ring is 1. The summed E-state index contributed by atoms with van der Waals surface area (Å²) in [6, 6.07) is 11.4. The van der Waals surface area contributed by atoms with Gasteiger partial charge >= 0.3 is 0 Å². The van der Waals surface area contributed by atoms with E-state index in [1.807, 2.05) is 35.2 Å². The van der Waals surface area contributed by atoms with E-state index in [-0.39, 0.29) is 26.5 Å². The molecule has 4 rings (SSSR count). The molecule has 0 spiro atoms. The SMILES string of the molecule is Nc1c(Cl)cc(S(=O)(=O)N[C@H](CCc2ccccc2)C(=O)N2CC[C@@H]3CCCC[C@@H]3C2)cc1Cl. The molecule has 1 heterocycles. The van der Waals surface area contributed by atoms with Gasteiger partial charge in [0.05, 0.1) is 20.6 Å². The second kappa shape index (κ2) is 10.9. The summed E-state index contributed by atoms with van der Waals surface area (Å²) in [5, 5.41) is 0.110. The average Bonchev–Trinajstić information content (AvgIpc) is 2.84.